The Morgan fingerprint density at radius 3 is 2.79 bits per heavy atom. The van der Waals surface area contributed by atoms with Gasteiger partial charge >= 0.3 is 0 Å². The molecule has 3 heterocycles. The van der Waals surface area contributed by atoms with E-state index in [4.69, 9.17) is 4.98 Å². The Balaban J connectivity index is 1.58. The van der Waals surface area contributed by atoms with E-state index in [1.165, 1.54) is 22.2 Å². The SMILES string of the molecule is CC(NC(=O)Cn1cnc2sccc2c1=O)c1nc2ccccc2n1C(C)C. The van der Waals surface area contributed by atoms with Gasteiger partial charge in [0.15, 0.2) is 0 Å². The Bertz CT molecular complexity index is 1220. The number of nitrogens with zero attached hydrogens (tertiary/aromatic N) is 4. The zero-order valence-corrected chi connectivity index (χ0v) is 16.7. The van der Waals surface area contributed by atoms with E-state index in [1.807, 2.05) is 36.6 Å². The van der Waals surface area contributed by atoms with E-state index in [0.717, 1.165) is 16.9 Å². The zero-order valence-electron chi connectivity index (χ0n) is 15.9. The van der Waals surface area contributed by atoms with Crippen molar-refractivity contribution in [2.24, 2.45) is 0 Å². The predicted octanol–water partition coefficient (Wildman–Crippen LogP) is 3.27. The summed E-state index contributed by atoms with van der Waals surface area (Å²) in [4.78, 5) is 34.7. The van der Waals surface area contributed by atoms with E-state index in [0.29, 0.717) is 10.2 Å². The Morgan fingerprint density at radius 1 is 1.21 bits per heavy atom. The summed E-state index contributed by atoms with van der Waals surface area (Å²) in [6.45, 7) is 6.01. The molecule has 1 unspecified atom stereocenters. The third-order valence-corrected chi connectivity index (χ3v) is 5.49. The van der Waals surface area contributed by atoms with Gasteiger partial charge in [0.05, 0.1) is 28.8 Å². The first-order valence-electron chi connectivity index (χ1n) is 9.14. The highest BCUT2D eigenvalue weighted by molar-refractivity contribution is 7.16. The van der Waals surface area contributed by atoms with Crippen molar-refractivity contribution >= 4 is 38.5 Å². The van der Waals surface area contributed by atoms with Gasteiger partial charge in [0, 0.05) is 6.04 Å². The molecule has 4 rings (SSSR count). The molecule has 7 nitrogen and oxygen atoms in total. The molecule has 4 aromatic rings. The van der Waals surface area contributed by atoms with E-state index < -0.39 is 0 Å². The fourth-order valence-electron chi connectivity index (χ4n) is 3.42. The van der Waals surface area contributed by atoms with Crippen molar-refractivity contribution in [1.82, 2.24) is 24.4 Å². The fourth-order valence-corrected chi connectivity index (χ4v) is 4.15. The number of benzene rings is 1. The van der Waals surface area contributed by atoms with E-state index in [-0.39, 0.29) is 30.1 Å². The van der Waals surface area contributed by atoms with Gasteiger partial charge in [-0.05, 0) is 44.4 Å². The fraction of sp³-hybridized carbons (Fsp3) is 0.300. The van der Waals surface area contributed by atoms with Gasteiger partial charge in [0.25, 0.3) is 5.56 Å². The molecule has 0 saturated heterocycles. The molecule has 3 aromatic heterocycles. The number of imidazole rings is 1. The summed E-state index contributed by atoms with van der Waals surface area (Å²) in [5.74, 6) is 0.539. The van der Waals surface area contributed by atoms with Crippen molar-refractivity contribution in [2.45, 2.75) is 39.4 Å². The number of thiophene rings is 1. The molecule has 0 radical (unpaired) electrons. The topological polar surface area (TPSA) is 81.8 Å². The van der Waals surface area contributed by atoms with Gasteiger partial charge in [0.2, 0.25) is 5.91 Å². The minimum atomic E-state index is -0.296. The lowest BCUT2D eigenvalue weighted by Crippen LogP contribution is -2.34. The summed E-state index contributed by atoms with van der Waals surface area (Å²) >= 11 is 1.41. The van der Waals surface area contributed by atoms with Gasteiger partial charge in [-0.2, -0.15) is 0 Å². The number of amides is 1. The van der Waals surface area contributed by atoms with E-state index in [1.54, 1.807) is 6.07 Å². The van der Waals surface area contributed by atoms with Crippen LogP contribution in [0.1, 0.15) is 38.7 Å². The van der Waals surface area contributed by atoms with Crippen molar-refractivity contribution in [3.8, 4) is 0 Å². The first-order valence-corrected chi connectivity index (χ1v) is 10.0. The molecule has 0 spiro atoms. The molecule has 1 amide bonds. The number of aromatic nitrogens is 4. The predicted molar refractivity (Wildman–Crippen MR) is 111 cm³/mol. The summed E-state index contributed by atoms with van der Waals surface area (Å²) < 4.78 is 3.47. The Kier molecular flexibility index (Phi) is 4.72. The van der Waals surface area contributed by atoms with Crippen LogP contribution in [0.3, 0.4) is 0 Å². The molecule has 28 heavy (non-hydrogen) atoms. The van der Waals surface area contributed by atoms with Crippen LogP contribution in [-0.4, -0.2) is 25.0 Å². The van der Waals surface area contributed by atoms with Crippen LogP contribution < -0.4 is 10.9 Å². The lowest BCUT2D eigenvalue weighted by molar-refractivity contribution is -0.122. The second-order valence-corrected chi connectivity index (χ2v) is 7.92. The van der Waals surface area contributed by atoms with Crippen LogP contribution >= 0.6 is 11.3 Å². The second-order valence-electron chi connectivity index (χ2n) is 7.03. The Morgan fingerprint density at radius 2 is 2.00 bits per heavy atom. The van der Waals surface area contributed by atoms with Crippen LogP contribution in [0.25, 0.3) is 21.3 Å². The van der Waals surface area contributed by atoms with Crippen LogP contribution in [0.2, 0.25) is 0 Å². The summed E-state index contributed by atoms with van der Waals surface area (Å²) in [6.07, 6.45) is 1.43. The Labute approximate surface area is 165 Å². The third kappa shape index (κ3) is 3.20. The van der Waals surface area contributed by atoms with Crippen LogP contribution in [0.4, 0.5) is 0 Å². The minimum Gasteiger partial charge on any atom is -0.345 e. The number of carbonyl (C=O) groups is 1. The lowest BCUT2D eigenvalue weighted by atomic mass is 10.2. The number of hydrogen-bond acceptors (Lipinski definition) is 5. The molecule has 1 atom stereocenters. The largest absolute Gasteiger partial charge is 0.345 e. The van der Waals surface area contributed by atoms with Crippen molar-refractivity contribution in [3.63, 3.8) is 0 Å². The Hall–Kier alpha value is -3.00. The molecule has 1 aromatic carbocycles. The molecular formula is C20H21N5O2S. The summed E-state index contributed by atoms with van der Waals surface area (Å²) in [7, 11) is 0. The van der Waals surface area contributed by atoms with E-state index in [9.17, 15) is 9.59 Å². The number of hydrogen-bond donors (Lipinski definition) is 1. The molecular weight excluding hydrogens is 374 g/mol. The maximum atomic E-state index is 12.6. The molecule has 144 valence electrons. The average Bonchev–Trinajstić information content (AvgIpc) is 3.28. The first kappa shape index (κ1) is 18.4. The maximum Gasteiger partial charge on any atom is 0.262 e. The van der Waals surface area contributed by atoms with Crippen LogP contribution in [0, 0.1) is 0 Å². The van der Waals surface area contributed by atoms with Crippen LogP contribution in [0.15, 0.2) is 46.8 Å². The number of rotatable bonds is 5. The van der Waals surface area contributed by atoms with Gasteiger partial charge in [-0.1, -0.05) is 12.1 Å². The first-order chi connectivity index (χ1) is 13.5. The van der Waals surface area contributed by atoms with E-state index in [2.05, 4.69) is 28.7 Å². The van der Waals surface area contributed by atoms with Gasteiger partial charge in [-0.15, -0.1) is 11.3 Å². The normalized spacial score (nSPS) is 12.7. The molecule has 8 heteroatoms. The highest BCUT2D eigenvalue weighted by atomic mass is 32.1. The molecule has 0 aliphatic carbocycles. The van der Waals surface area contributed by atoms with Crippen molar-refractivity contribution < 1.29 is 4.79 Å². The van der Waals surface area contributed by atoms with Gasteiger partial charge in [0.1, 0.15) is 17.2 Å². The number of fused-ring (bicyclic) bond motifs is 2. The monoisotopic (exact) mass is 395 g/mol. The van der Waals surface area contributed by atoms with Crippen molar-refractivity contribution in [2.75, 3.05) is 0 Å². The molecule has 1 N–H and O–H groups in total. The van der Waals surface area contributed by atoms with Gasteiger partial charge in [-0.25, -0.2) is 9.97 Å². The highest BCUT2D eigenvalue weighted by Gasteiger charge is 2.20. The minimum absolute atomic E-state index is 0.0795. The quantitative estimate of drug-likeness (QED) is 0.562. The molecule has 0 fully saturated rings. The molecule has 0 aliphatic rings. The summed E-state index contributed by atoms with van der Waals surface area (Å²) in [6, 6.07) is 9.57. The van der Waals surface area contributed by atoms with Crippen LogP contribution in [0.5, 0.6) is 0 Å². The molecule has 0 saturated carbocycles. The third-order valence-electron chi connectivity index (χ3n) is 4.67. The standard InChI is InChI=1S/C20H21N5O2S/c1-12(2)25-16-7-5-4-6-15(16)23-18(25)13(3)22-17(26)10-24-11-21-19-14(20(24)27)8-9-28-19/h4-9,11-13H,10H2,1-3H3,(H,22,26). The number of carbonyl (C=O) groups excluding carboxylic acids is 1. The summed E-state index contributed by atoms with van der Waals surface area (Å²) in [5, 5.41) is 5.32. The molecule has 0 bridgehead atoms. The van der Waals surface area contributed by atoms with Crippen molar-refractivity contribution in [1.29, 1.82) is 0 Å². The second kappa shape index (κ2) is 7.20. The summed E-state index contributed by atoms with van der Waals surface area (Å²) in [5.41, 5.74) is 1.73. The van der Waals surface area contributed by atoms with E-state index >= 15 is 0 Å². The van der Waals surface area contributed by atoms with Gasteiger partial charge in [-0.3, -0.25) is 14.2 Å². The smallest absolute Gasteiger partial charge is 0.262 e. The zero-order chi connectivity index (χ0) is 19.8. The number of nitrogens with one attached hydrogen (secondary N) is 1. The van der Waals surface area contributed by atoms with Gasteiger partial charge < -0.3 is 9.88 Å². The highest BCUT2D eigenvalue weighted by Crippen LogP contribution is 2.24. The number of para-hydroxylation sites is 2. The average molecular weight is 395 g/mol. The molecule has 0 aliphatic heterocycles. The lowest BCUT2D eigenvalue weighted by Gasteiger charge is -2.19. The van der Waals surface area contributed by atoms with Crippen molar-refractivity contribution in [3.05, 3.63) is 58.2 Å². The maximum absolute atomic E-state index is 12.6. The van der Waals surface area contributed by atoms with Crippen LogP contribution in [-0.2, 0) is 11.3 Å².